The Morgan fingerprint density at radius 3 is 2.69 bits per heavy atom. The molecule has 0 fully saturated rings. The molecule has 1 N–H and O–H groups in total. The maximum atomic E-state index is 11.3. The second kappa shape index (κ2) is 2.28. The van der Waals surface area contributed by atoms with Gasteiger partial charge in [0, 0.05) is 14.1 Å². The molecule has 0 radical (unpaired) electrons. The fourth-order valence-electron chi connectivity index (χ4n) is 1.16. The van der Waals surface area contributed by atoms with E-state index in [9.17, 15) is 9.59 Å². The van der Waals surface area contributed by atoms with Gasteiger partial charge in [0.15, 0.2) is 11.2 Å². The highest BCUT2D eigenvalue weighted by molar-refractivity contribution is 5.68. The zero-order chi connectivity index (χ0) is 9.59. The number of aryl methyl sites for hydroxylation is 2. The van der Waals surface area contributed by atoms with Gasteiger partial charge in [-0.3, -0.25) is 14.3 Å². The molecule has 0 aromatic carbocycles. The van der Waals surface area contributed by atoms with Crippen LogP contribution in [0, 0.1) is 0 Å². The van der Waals surface area contributed by atoms with Crippen molar-refractivity contribution < 1.29 is 0 Å². The lowest BCUT2D eigenvalue weighted by Crippen LogP contribution is -2.29. The third-order valence-electron chi connectivity index (χ3n) is 1.87. The summed E-state index contributed by atoms with van der Waals surface area (Å²) in [5, 5.41) is 7.34. The van der Waals surface area contributed by atoms with Gasteiger partial charge in [0.1, 0.15) is 0 Å². The van der Waals surface area contributed by atoms with Gasteiger partial charge in [-0.05, 0) is 0 Å². The van der Waals surface area contributed by atoms with Crippen LogP contribution in [0.3, 0.4) is 0 Å². The molecule has 0 aliphatic heterocycles. The highest BCUT2D eigenvalue weighted by Crippen LogP contribution is 1.97. The molecule has 0 amide bonds. The van der Waals surface area contributed by atoms with Gasteiger partial charge in [0.05, 0.1) is 0 Å². The number of aromatic nitrogens is 5. The molecule has 0 saturated carbocycles. The summed E-state index contributed by atoms with van der Waals surface area (Å²) in [5.74, 6) is 0. The molecule has 68 valence electrons. The molecule has 13 heavy (non-hydrogen) atoms. The smallest absolute Gasteiger partial charge is 0.278 e. The molecule has 2 rings (SSSR count). The Balaban J connectivity index is 3.18. The van der Waals surface area contributed by atoms with Gasteiger partial charge in [0.25, 0.3) is 5.56 Å². The lowest BCUT2D eigenvalue weighted by molar-refractivity contribution is 0.733. The Morgan fingerprint density at radius 1 is 1.31 bits per heavy atom. The summed E-state index contributed by atoms with van der Waals surface area (Å²) >= 11 is 0. The molecule has 0 spiro atoms. The SMILES string of the molecule is Cn1nnc2c1c(=O)[nH]c(=O)n2C. The number of nitrogens with zero attached hydrogens (tertiary/aromatic N) is 4. The summed E-state index contributed by atoms with van der Waals surface area (Å²) in [4.78, 5) is 24.5. The first-order valence-corrected chi connectivity index (χ1v) is 3.60. The molecule has 0 atom stereocenters. The second-order valence-corrected chi connectivity index (χ2v) is 2.70. The van der Waals surface area contributed by atoms with Gasteiger partial charge in [-0.2, -0.15) is 0 Å². The van der Waals surface area contributed by atoms with Crippen molar-refractivity contribution in [1.82, 2.24) is 24.5 Å². The average molecular weight is 181 g/mol. The number of H-pyrrole nitrogens is 1. The van der Waals surface area contributed by atoms with Crippen LogP contribution in [0.15, 0.2) is 9.59 Å². The quantitative estimate of drug-likeness (QED) is 0.528. The van der Waals surface area contributed by atoms with Crippen LogP contribution in [-0.4, -0.2) is 24.5 Å². The fourth-order valence-corrected chi connectivity index (χ4v) is 1.16. The van der Waals surface area contributed by atoms with E-state index in [0.717, 1.165) is 0 Å². The number of hydrogen-bond acceptors (Lipinski definition) is 4. The molecule has 0 saturated heterocycles. The monoisotopic (exact) mass is 181 g/mol. The number of rotatable bonds is 0. The zero-order valence-corrected chi connectivity index (χ0v) is 7.11. The van der Waals surface area contributed by atoms with Crippen molar-refractivity contribution in [3.63, 3.8) is 0 Å². The molecular weight excluding hydrogens is 174 g/mol. The van der Waals surface area contributed by atoms with Crippen molar-refractivity contribution in [1.29, 1.82) is 0 Å². The molecule has 7 nitrogen and oxygen atoms in total. The fraction of sp³-hybridized carbons (Fsp3) is 0.333. The van der Waals surface area contributed by atoms with Crippen molar-refractivity contribution in [2.75, 3.05) is 0 Å². The Hall–Kier alpha value is -1.92. The molecule has 0 aliphatic carbocycles. The van der Waals surface area contributed by atoms with Crippen molar-refractivity contribution in [3.05, 3.63) is 20.8 Å². The topological polar surface area (TPSA) is 85.6 Å². The van der Waals surface area contributed by atoms with Gasteiger partial charge < -0.3 is 0 Å². The normalized spacial score (nSPS) is 10.9. The molecular formula is C6H7N5O2. The van der Waals surface area contributed by atoms with Gasteiger partial charge >= 0.3 is 5.69 Å². The molecule has 2 aromatic heterocycles. The van der Waals surface area contributed by atoms with E-state index in [4.69, 9.17) is 0 Å². The van der Waals surface area contributed by atoms with Crippen LogP contribution in [0.25, 0.3) is 11.2 Å². The number of fused-ring (bicyclic) bond motifs is 1. The Morgan fingerprint density at radius 2 is 2.00 bits per heavy atom. The van der Waals surface area contributed by atoms with Crippen molar-refractivity contribution >= 4 is 11.2 Å². The van der Waals surface area contributed by atoms with Gasteiger partial charge in [-0.15, -0.1) is 5.10 Å². The summed E-state index contributed by atoms with van der Waals surface area (Å²) in [7, 11) is 3.12. The summed E-state index contributed by atoms with van der Waals surface area (Å²) in [6.45, 7) is 0. The van der Waals surface area contributed by atoms with Crippen molar-refractivity contribution in [2.24, 2.45) is 14.1 Å². The van der Waals surface area contributed by atoms with E-state index in [2.05, 4.69) is 15.3 Å². The van der Waals surface area contributed by atoms with Crippen LogP contribution in [0.4, 0.5) is 0 Å². The van der Waals surface area contributed by atoms with E-state index in [1.54, 1.807) is 7.05 Å². The molecule has 7 heteroatoms. The van der Waals surface area contributed by atoms with Gasteiger partial charge in [-0.1, -0.05) is 5.21 Å². The number of aromatic amines is 1. The maximum Gasteiger partial charge on any atom is 0.329 e. The van der Waals surface area contributed by atoms with E-state index < -0.39 is 11.2 Å². The highest BCUT2D eigenvalue weighted by Gasteiger charge is 2.09. The molecule has 2 aromatic rings. The van der Waals surface area contributed by atoms with Crippen LogP contribution >= 0.6 is 0 Å². The van der Waals surface area contributed by atoms with Crippen LogP contribution < -0.4 is 11.2 Å². The van der Waals surface area contributed by atoms with E-state index >= 15 is 0 Å². The van der Waals surface area contributed by atoms with E-state index in [0.29, 0.717) is 5.52 Å². The first kappa shape index (κ1) is 7.71. The van der Waals surface area contributed by atoms with Gasteiger partial charge in [0.2, 0.25) is 0 Å². The van der Waals surface area contributed by atoms with Gasteiger partial charge in [-0.25, -0.2) is 9.48 Å². The second-order valence-electron chi connectivity index (χ2n) is 2.70. The van der Waals surface area contributed by atoms with E-state index in [1.807, 2.05) is 0 Å². The Bertz CT molecular complexity index is 575. The van der Waals surface area contributed by atoms with Crippen molar-refractivity contribution in [3.8, 4) is 0 Å². The van der Waals surface area contributed by atoms with Crippen LogP contribution in [-0.2, 0) is 14.1 Å². The Labute approximate surface area is 71.6 Å². The average Bonchev–Trinajstić information content (AvgIpc) is 2.44. The van der Waals surface area contributed by atoms with Crippen LogP contribution in [0.1, 0.15) is 0 Å². The Kier molecular flexibility index (Phi) is 1.35. The van der Waals surface area contributed by atoms with E-state index in [-0.39, 0.29) is 5.65 Å². The molecule has 2 heterocycles. The maximum absolute atomic E-state index is 11.3. The third kappa shape index (κ3) is 0.897. The van der Waals surface area contributed by atoms with Crippen molar-refractivity contribution in [2.45, 2.75) is 0 Å². The standard InChI is InChI=1S/C6H7N5O2/c1-10-4-3(11(2)9-8-4)5(12)7-6(10)13/h1-2H3,(H,7,12,13). The summed E-state index contributed by atoms with van der Waals surface area (Å²) < 4.78 is 2.57. The lowest BCUT2D eigenvalue weighted by atomic mass is 10.5. The minimum absolute atomic E-state index is 0.288. The molecule has 0 aliphatic rings. The van der Waals surface area contributed by atoms with Crippen LogP contribution in [0.5, 0.6) is 0 Å². The van der Waals surface area contributed by atoms with E-state index in [1.165, 1.54) is 16.3 Å². The first-order valence-electron chi connectivity index (χ1n) is 3.60. The minimum atomic E-state index is -0.488. The predicted molar refractivity (Wildman–Crippen MR) is 44.4 cm³/mol. The largest absolute Gasteiger partial charge is 0.329 e. The summed E-state index contributed by atoms with van der Waals surface area (Å²) in [6, 6.07) is 0. The molecule has 0 bridgehead atoms. The first-order chi connectivity index (χ1) is 6.11. The lowest BCUT2D eigenvalue weighted by Gasteiger charge is -1.95. The highest BCUT2D eigenvalue weighted by atomic mass is 16.2. The zero-order valence-electron chi connectivity index (χ0n) is 7.11. The summed E-state index contributed by atoms with van der Waals surface area (Å²) in [6.07, 6.45) is 0. The summed E-state index contributed by atoms with van der Waals surface area (Å²) in [5.41, 5.74) is -0.373. The number of hydrogen-bond donors (Lipinski definition) is 1. The van der Waals surface area contributed by atoms with Crippen LogP contribution in [0.2, 0.25) is 0 Å². The number of nitrogens with one attached hydrogen (secondary N) is 1. The minimum Gasteiger partial charge on any atom is -0.278 e. The molecule has 0 unspecified atom stereocenters. The third-order valence-corrected chi connectivity index (χ3v) is 1.87. The predicted octanol–water partition coefficient (Wildman–Crippen LogP) is -1.64.